The second kappa shape index (κ2) is 8.37. The van der Waals surface area contributed by atoms with Gasteiger partial charge in [-0.1, -0.05) is 17.7 Å². The van der Waals surface area contributed by atoms with Crippen LogP contribution in [0.4, 0.5) is 11.4 Å². The zero-order chi connectivity index (χ0) is 19.2. The third-order valence-electron chi connectivity index (χ3n) is 3.50. The Kier molecular flexibility index (Phi) is 5.73. The topological polar surface area (TPSA) is 85.2 Å². The molecule has 0 saturated carbocycles. The van der Waals surface area contributed by atoms with Gasteiger partial charge in [0.25, 0.3) is 5.91 Å². The van der Waals surface area contributed by atoms with Crippen LogP contribution in [-0.4, -0.2) is 21.6 Å². The number of aromatic nitrogens is 2. The number of carbonyl (C=O) groups is 2. The largest absolute Gasteiger partial charge is 0.471 e. The molecule has 0 aliphatic heterocycles. The Hall–Kier alpha value is -3.32. The van der Waals surface area contributed by atoms with Gasteiger partial charge in [-0.25, -0.2) is 4.68 Å². The molecular formula is C19H17ClN4O3. The van der Waals surface area contributed by atoms with Crippen molar-refractivity contribution in [3.05, 3.63) is 71.5 Å². The molecule has 8 heteroatoms. The van der Waals surface area contributed by atoms with Crippen LogP contribution < -0.4 is 15.4 Å². The zero-order valence-electron chi connectivity index (χ0n) is 14.5. The van der Waals surface area contributed by atoms with Gasteiger partial charge in [-0.15, -0.1) is 0 Å². The molecule has 0 bridgehead atoms. The molecule has 3 aromatic rings. The number of halogens is 1. The van der Waals surface area contributed by atoms with E-state index in [4.69, 9.17) is 16.3 Å². The van der Waals surface area contributed by atoms with Gasteiger partial charge in [-0.2, -0.15) is 5.10 Å². The maximum atomic E-state index is 12.3. The molecule has 2 aromatic carbocycles. The molecule has 0 spiro atoms. The second-order valence-electron chi connectivity index (χ2n) is 5.68. The second-order valence-corrected chi connectivity index (χ2v) is 6.12. The number of ether oxygens (including phenoxy) is 1. The highest BCUT2D eigenvalue weighted by molar-refractivity contribution is 6.30. The summed E-state index contributed by atoms with van der Waals surface area (Å²) in [6, 6.07) is 15.4. The first-order valence-electron chi connectivity index (χ1n) is 8.10. The minimum absolute atomic E-state index is 0.152. The van der Waals surface area contributed by atoms with Crippen LogP contribution in [0.2, 0.25) is 5.02 Å². The van der Waals surface area contributed by atoms with Crippen LogP contribution in [0.1, 0.15) is 17.4 Å². The predicted octanol–water partition coefficient (Wildman–Crippen LogP) is 3.78. The van der Waals surface area contributed by atoms with E-state index in [0.29, 0.717) is 22.1 Å². The maximum absolute atomic E-state index is 12.3. The lowest BCUT2D eigenvalue weighted by molar-refractivity contribution is -0.114. The number of hydrogen-bond donors (Lipinski definition) is 2. The molecule has 1 heterocycles. The summed E-state index contributed by atoms with van der Waals surface area (Å²) in [6.07, 6.45) is 1.65. The summed E-state index contributed by atoms with van der Waals surface area (Å²) in [6.45, 7) is 1.58. The van der Waals surface area contributed by atoms with E-state index < -0.39 is 0 Å². The maximum Gasteiger partial charge on any atom is 0.276 e. The van der Waals surface area contributed by atoms with Crippen molar-refractivity contribution < 1.29 is 14.3 Å². The number of benzene rings is 2. The normalized spacial score (nSPS) is 10.3. The smallest absolute Gasteiger partial charge is 0.276 e. The van der Waals surface area contributed by atoms with Crippen LogP contribution in [0.5, 0.6) is 5.75 Å². The highest BCUT2D eigenvalue weighted by atomic mass is 35.5. The van der Waals surface area contributed by atoms with E-state index in [1.807, 2.05) is 0 Å². The highest BCUT2D eigenvalue weighted by Crippen LogP contribution is 2.17. The Morgan fingerprint density at radius 2 is 1.78 bits per heavy atom. The van der Waals surface area contributed by atoms with Gasteiger partial charge in [0.05, 0.1) is 0 Å². The third kappa shape index (κ3) is 5.32. The Labute approximate surface area is 160 Å². The van der Waals surface area contributed by atoms with Crippen molar-refractivity contribution in [3.63, 3.8) is 0 Å². The van der Waals surface area contributed by atoms with Crippen LogP contribution in [0.15, 0.2) is 60.8 Å². The van der Waals surface area contributed by atoms with Crippen LogP contribution in [0.25, 0.3) is 0 Å². The number of nitrogens with zero attached hydrogens (tertiary/aromatic N) is 2. The Morgan fingerprint density at radius 3 is 2.44 bits per heavy atom. The fourth-order valence-electron chi connectivity index (χ4n) is 2.29. The molecule has 3 rings (SSSR count). The minimum Gasteiger partial charge on any atom is -0.471 e. The van der Waals surface area contributed by atoms with Crippen LogP contribution >= 0.6 is 11.6 Å². The molecule has 0 radical (unpaired) electrons. The summed E-state index contributed by atoms with van der Waals surface area (Å²) < 4.78 is 7.09. The van der Waals surface area contributed by atoms with Gasteiger partial charge < -0.3 is 15.4 Å². The van der Waals surface area contributed by atoms with E-state index in [1.54, 1.807) is 60.8 Å². The minimum atomic E-state index is -0.344. The first-order valence-corrected chi connectivity index (χ1v) is 8.48. The quantitative estimate of drug-likeness (QED) is 0.677. The van der Waals surface area contributed by atoms with Gasteiger partial charge in [-0.3, -0.25) is 9.59 Å². The Morgan fingerprint density at radius 1 is 1.07 bits per heavy atom. The SMILES string of the molecule is CC(=O)Nc1ccc(NC(=O)c2ccn(COc3cccc(Cl)c3)n2)cc1. The van der Waals surface area contributed by atoms with E-state index in [9.17, 15) is 9.59 Å². The predicted molar refractivity (Wildman–Crippen MR) is 103 cm³/mol. The molecule has 0 aliphatic rings. The molecule has 138 valence electrons. The fourth-order valence-corrected chi connectivity index (χ4v) is 2.47. The van der Waals surface area contributed by atoms with Crippen LogP contribution in [-0.2, 0) is 11.5 Å². The lowest BCUT2D eigenvalue weighted by atomic mass is 10.2. The van der Waals surface area contributed by atoms with Crippen molar-refractivity contribution in [2.45, 2.75) is 13.7 Å². The van der Waals surface area contributed by atoms with E-state index in [0.717, 1.165) is 0 Å². The summed E-state index contributed by atoms with van der Waals surface area (Å²) >= 11 is 5.91. The first-order chi connectivity index (χ1) is 13.0. The number of amides is 2. The number of hydrogen-bond acceptors (Lipinski definition) is 4. The number of anilines is 2. The van der Waals surface area contributed by atoms with Crippen molar-refractivity contribution >= 4 is 34.8 Å². The number of nitrogens with one attached hydrogen (secondary N) is 2. The molecule has 0 saturated heterocycles. The van der Waals surface area contributed by atoms with E-state index in [1.165, 1.54) is 11.6 Å². The molecule has 2 amide bonds. The molecule has 0 unspecified atom stereocenters. The average Bonchev–Trinajstić information content (AvgIpc) is 3.10. The molecule has 1 aromatic heterocycles. The molecular weight excluding hydrogens is 368 g/mol. The van der Waals surface area contributed by atoms with E-state index in [-0.39, 0.29) is 24.2 Å². The van der Waals surface area contributed by atoms with Gasteiger partial charge in [-0.05, 0) is 48.5 Å². The molecule has 0 atom stereocenters. The summed E-state index contributed by atoms with van der Waals surface area (Å²) in [5, 5.41) is 10.2. The van der Waals surface area contributed by atoms with Gasteiger partial charge in [0.2, 0.25) is 5.91 Å². The van der Waals surface area contributed by atoms with Crippen LogP contribution in [0, 0.1) is 0 Å². The summed E-state index contributed by atoms with van der Waals surface area (Å²) in [5.74, 6) is 0.115. The van der Waals surface area contributed by atoms with Crippen molar-refractivity contribution in [2.24, 2.45) is 0 Å². The van der Waals surface area contributed by atoms with Gasteiger partial charge in [0, 0.05) is 29.5 Å². The standard InChI is InChI=1S/C19H17ClN4O3/c1-13(25)21-15-5-7-16(8-6-15)22-19(26)18-9-10-24(23-18)12-27-17-4-2-3-14(20)11-17/h2-11H,12H2,1H3,(H,21,25)(H,22,26). The zero-order valence-corrected chi connectivity index (χ0v) is 15.2. The third-order valence-corrected chi connectivity index (χ3v) is 3.73. The fraction of sp³-hybridized carbons (Fsp3) is 0.105. The monoisotopic (exact) mass is 384 g/mol. The van der Waals surface area contributed by atoms with Crippen molar-refractivity contribution in [3.8, 4) is 5.75 Å². The lowest BCUT2D eigenvalue weighted by Gasteiger charge is -2.07. The highest BCUT2D eigenvalue weighted by Gasteiger charge is 2.10. The van der Waals surface area contributed by atoms with Crippen molar-refractivity contribution in [1.82, 2.24) is 9.78 Å². The summed E-state index contributed by atoms with van der Waals surface area (Å²) in [4.78, 5) is 23.3. The molecule has 0 aliphatic carbocycles. The van der Waals surface area contributed by atoms with E-state index in [2.05, 4.69) is 15.7 Å². The lowest BCUT2D eigenvalue weighted by Crippen LogP contribution is -2.14. The molecule has 2 N–H and O–H groups in total. The molecule has 7 nitrogen and oxygen atoms in total. The summed E-state index contributed by atoms with van der Waals surface area (Å²) in [7, 11) is 0. The Balaban J connectivity index is 1.57. The van der Waals surface area contributed by atoms with Crippen LogP contribution in [0.3, 0.4) is 0 Å². The first kappa shape index (κ1) is 18.5. The van der Waals surface area contributed by atoms with Gasteiger partial charge in [0.1, 0.15) is 5.75 Å². The average molecular weight is 385 g/mol. The number of rotatable bonds is 6. The summed E-state index contributed by atoms with van der Waals surface area (Å²) in [5.41, 5.74) is 1.51. The molecule has 0 fully saturated rings. The van der Waals surface area contributed by atoms with Gasteiger partial charge in [0.15, 0.2) is 12.4 Å². The Bertz CT molecular complexity index is 954. The number of carbonyl (C=O) groups excluding carboxylic acids is 2. The molecule has 27 heavy (non-hydrogen) atoms. The van der Waals surface area contributed by atoms with Crippen molar-refractivity contribution in [1.29, 1.82) is 0 Å². The van der Waals surface area contributed by atoms with Crippen molar-refractivity contribution in [2.75, 3.05) is 10.6 Å². The van der Waals surface area contributed by atoms with Gasteiger partial charge >= 0.3 is 0 Å². The van der Waals surface area contributed by atoms with E-state index >= 15 is 0 Å².